The summed E-state index contributed by atoms with van der Waals surface area (Å²) < 4.78 is 52.1. The molecule has 12 atom stereocenters. The molecule has 2 aliphatic heterocycles. The fourth-order valence-corrected chi connectivity index (χ4v) is 11.9. The van der Waals surface area contributed by atoms with E-state index in [1.807, 2.05) is 0 Å². The SMILES string of the molecule is COc1ccc(C2O[C@@H](C(=O)O[C@H]3C[C@@]4(O)[C@@H](OC(=O)c5ccccc5)[C@@H]5[C@]6(OC(C)=O)CO[C@@H]6C[C@H](OC(=O)OCC(Cl)(Cl)Cl)[C@@]5(C)C(=O)[C@H](O)C(=C3C)C4(C)C)[C@H](c3ccccc3)N2C(=O)OC(C)(C)C)cc1. The van der Waals surface area contributed by atoms with Gasteiger partial charge in [-0.1, -0.05) is 109 Å². The van der Waals surface area contributed by atoms with E-state index in [4.69, 9.17) is 77.4 Å². The van der Waals surface area contributed by atoms with Gasteiger partial charge in [0.05, 0.1) is 30.6 Å². The maximum atomic E-state index is 15.8. The summed E-state index contributed by atoms with van der Waals surface area (Å²) in [5.74, 6) is -5.05. The van der Waals surface area contributed by atoms with Crippen LogP contribution in [-0.4, -0.2) is 129 Å². The number of esters is 3. The van der Waals surface area contributed by atoms with E-state index in [2.05, 4.69) is 0 Å². The number of halogens is 3. The highest BCUT2D eigenvalue weighted by Crippen LogP contribution is 2.65. The predicted molar refractivity (Wildman–Crippen MR) is 267 cm³/mol. The van der Waals surface area contributed by atoms with Crippen molar-refractivity contribution < 1.29 is 81.6 Å². The number of alkyl halides is 3. The highest BCUT2D eigenvalue weighted by Gasteiger charge is 2.79. The molecule has 21 heteroatoms. The van der Waals surface area contributed by atoms with E-state index >= 15 is 9.59 Å². The number of fused-ring (bicyclic) bond motifs is 5. The van der Waals surface area contributed by atoms with Crippen LogP contribution in [0.15, 0.2) is 96.1 Å². The number of hydrogen-bond donors (Lipinski definition) is 2. The van der Waals surface area contributed by atoms with Crippen LogP contribution in [0.2, 0.25) is 0 Å². The molecule has 0 spiro atoms. The average molecular weight is 1100 g/mol. The second-order valence-electron chi connectivity index (χ2n) is 21.3. The van der Waals surface area contributed by atoms with Gasteiger partial charge in [-0.3, -0.25) is 14.5 Å². The van der Waals surface area contributed by atoms with Crippen LogP contribution in [0.4, 0.5) is 9.59 Å². The second-order valence-corrected chi connectivity index (χ2v) is 23.8. The maximum Gasteiger partial charge on any atom is 0.508 e. The van der Waals surface area contributed by atoms with Gasteiger partial charge in [0.2, 0.25) is 3.79 Å². The summed E-state index contributed by atoms with van der Waals surface area (Å²) in [4.78, 5) is 88.2. The van der Waals surface area contributed by atoms with Crippen molar-refractivity contribution in [2.75, 3.05) is 20.3 Å². The fourth-order valence-electron chi connectivity index (χ4n) is 11.7. The number of carbonyl (C=O) groups is 6. The molecule has 1 unspecified atom stereocenters. The van der Waals surface area contributed by atoms with Crippen molar-refractivity contribution in [3.63, 3.8) is 0 Å². The largest absolute Gasteiger partial charge is 0.508 e. The molecule has 75 heavy (non-hydrogen) atoms. The summed E-state index contributed by atoms with van der Waals surface area (Å²) in [5, 5.41) is 26.8. The van der Waals surface area contributed by atoms with Gasteiger partial charge in [-0.2, -0.15) is 0 Å². The number of methoxy groups -OCH3 is 1. The molecule has 8 rings (SSSR count). The smallest absolute Gasteiger partial charge is 0.497 e. The summed E-state index contributed by atoms with van der Waals surface area (Å²) in [5.41, 5.74) is -8.40. The van der Waals surface area contributed by atoms with Crippen LogP contribution in [0.3, 0.4) is 0 Å². The third-order valence-electron chi connectivity index (χ3n) is 15.2. The quantitative estimate of drug-likeness (QED) is 0.0842. The number of rotatable bonds is 10. The number of ketones is 1. The standard InChI is InChI=1S/C54H60Cl3NO17/c1-28-34(70-46(63)40-38(30-16-12-10-13-17-30)58(47(64)75-49(3,4)5)44(72-40)31-20-22-33(67-9)23-21-31)25-53(66)43(73-45(62)32-18-14-11-15-19-32)41-51(8,42(61)39(60)37(28)50(53,6)7)35(71-48(65)69-27-54(55,56)57)24-36-52(41,26-68-36)74-29(2)59/h10-23,34-36,38-41,43-44,60,66H,24-27H2,1-9H3/t34-,35-,36+,38-,39+,40+,41-,43-,44?,51+,52-,53+/m0/s1. The zero-order valence-corrected chi connectivity index (χ0v) is 45.0. The Balaban J connectivity index is 1.28. The first-order valence-corrected chi connectivity index (χ1v) is 25.4. The van der Waals surface area contributed by atoms with Crippen LogP contribution in [-0.2, 0) is 52.3 Å². The van der Waals surface area contributed by atoms with Crippen LogP contribution in [0.1, 0.15) is 102 Å². The van der Waals surface area contributed by atoms with Gasteiger partial charge in [0.25, 0.3) is 0 Å². The molecule has 4 fully saturated rings. The lowest BCUT2D eigenvalue weighted by Gasteiger charge is -2.67. The average Bonchev–Trinajstić information content (AvgIpc) is 3.76. The normalized spacial score (nSPS) is 32.0. The molecule has 2 saturated carbocycles. The minimum absolute atomic E-state index is 0.0212. The number of hydrogen-bond acceptors (Lipinski definition) is 17. The lowest BCUT2D eigenvalue weighted by molar-refractivity contribution is -0.346. The van der Waals surface area contributed by atoms with E-state index in [1.165, 1.54) is 51.8 Å². The van der Waals surface area contributed by atoms with Crippen LogP contribution in [0.25, 0.3) is 0 Å². The van der Waals surface area contributed by atoms with Crippen LogP contribution < -0.4 is 4.74 Å². The summed E-state index contributed by atoms with van der Waals surface area (Å²) >= 11 is 17.6. The van der Waals surface area contributed by atoms with Crippen molar-refractivity contribution in [3.05, 3.63) is 113 Å². The van der Waals surface area contributed by atoms with Crippen molar-refractivity contribution in [1.82, 2.24) is 4.90 Å². The van der Waals surface area contributed by atoms with E-state index in [0.717, 1.165) is 6.92 Å². The summed E-state index contributed by atoms with van der Waals surface area (Å²) in [7, 11) is 1.50. The molecular formula is C54H60Cl3NO17. The van der Waals surface area contributed by atoms with Gasteiger partial charge in [0, 0.05) is 30.7 Å². The Morgan fingerprint density at radius 3 is 2.05 bits per heavy atom. The van der Waals surface area contributed by atoms with Gasteiger partial charge in [0.1, 0.15) is 60.1 Å². The molecule has 0 aromatic heterocycles. The molecule has 0 radical (unpaired) electrons. The first kappa shape index (κ1) is 55.8. The van der Waals surface area contributed by atoms with Crippen molar-refractivity contribution >= 4 is 70.7 Å². The van der Waals surface area contributed by atoms with Crippen molar-refractivity contribution in [2.45, 2.75) is 138 Å². The predicted octanol–water partition coefficient (Wildman–Crippen LogP) is 8.25. The van der Waals surface area contributed by atoms with E-state index in [9.17, 15) is 29.4 Å². The van der Waals surface area contributed by atoms with Gasteiger partial charge in [-0.25, -0.2) is 19.2 Å². The van der Waals surface area contributed by atoms with Gasteiger partial charge < -0.3 is 52.8 Å². The Morgan fingerprint density at radius 2 is 1.49 bits per heavy atom. The van der Waals surface area contributed by atoms with Crippen molar-refractivity contribution in [3.8, 4) is 5.75 Å². The zero-order valence-electron chi connectivity index (χ0n) is 42.7. The van der Waals surface area contributed by atoms with Crippen molar-refractivity contribution in [1.29, 1.82) is 0 Å². The number of aliphatic hydroxyl groups is 2. The lowest BCUT2D eigenvalue weighted by Crippen LogP contribution is -2.82. The summed E-state index contributed by atoms with van der Waals surface area (Å²) in [6.45, 7) is 11.0. The Kier molecular flexibility index (Phi) is 15.2. The minimum atomic E-state index is -2.49. The van der Waals surface area contributed by atoms with E-state index in [1.54, 1.807) is 93.6 Å². The molecule has 3 aromatic rings. The molecule has 5 aliphatic rings. The number of Topliss-reactive ketones (excluding diaryl/α,β-unsaturated/α-hetero) is 1. The van der Waals surface area contributed by atoms with Gasteiger partial charge >= 0.3 is 30.2 Å². The molecule has 2 bridgehead atoms. The number of carbonyl (C=O) groups excluding carboxylic acids is 6. The Labute approximate surface area is 448 Å². The van der Waals surface area contributed by atoms with E-state index < -0.39 is 142 Å². The molecule has 2 saturated heterocycles. The molecule has 2 heterocycles. The number of benzene rings is 3. The Hall–Kier alpha value is -5.47. The topological polar surface area (TPSA) is 229 Å². The molecule has 3 aliphatic carbocycles. The summed E-state index contributed by atoms with van der Waals surface area (Å²) in [6.07, 6.45) is -14.3. The number of amides is 1. The fraction of sp³-hybridized carbons (Fsp3) is 0.519. The second kappa shape index (κ2) is 20.5. The molecule has 3 aromatic carbocycles. The molecule has 404 valence electrons. The summed E-state index contributed by atoms with van der Waals surface area (Å²) in [6, 6.07) is 21.9. The third-order valence-corrected chi connectivity index (χ3v) is 15.6. The van der Waals surface area contributed by atoms with E-state index in [0.29, 0.717) is 16.9 Å². The molecule has 18 nitrogen and oxygen atoms in total. The highest BCUT2D eigenvalue weighted by molar-refractivity contribution is 6.67. The molecule has 2 N–H and O–H groups in total. The Morgan fingerprint density at radius 1 is 0.867 bits per heavy atom. The monoisotopic (exact) mass is 1100 g/mol. The number of aliphatic hydroxyl groups excluding tert-OH is 1. The first-order valence-electron chi connectivity index (χ1n) is 24.3. The maximum absolute atomic E-state index is 15.8. The highest BCUT2D eigenvalue weighted by atomic mass is 35.6. The van der Waals surface area contributed by atoms with Crippen LogP contribution in [0.5, 0.6) is 5.75 Å². The third kappa shape index (κ3) is 10.2. The Bertz CT molecular complexity index is 2730. The number of nitrogens with zero attached hydrogens (tertiary/aromatic N) is 1. The van der Waals surface area contributed by atoms with Crippen molar-refractivity contribution in [2.24, 2.45) is 16.7 Å². The van der Waals surface area contributed by atoms with Gasteiger partial charge in [-0.05, 0) is 75.6 Å². The first-order chi connectivity index (χ1) is 35.1. The molecular weight excluding hydrogens is 1040 g/mol. The number of ether oxygens (including phenoxy) is 9. The van der Waals surface area contributed by atoms with Gasteiger partial charge in [-0.15, -0.1) is 0 Å². The van der Waals surface area contributed by atoms with Crippen LogP contribution in [0, 0.1) is 16.7 Å². The van der Waals surface area contributed by atoms with Gasteiger partial charge in [0.15, 0.2) is 23.7 Å². The van der Waals surface area contributed by atoms with Crippen LogP contribution >= 0.6 is 34.8 Å². The zero-order chi connectivity index (χ0) is 54.8. The lowest BCUT2D eigenvalue weighted by atomic mass is 9.44. The van der Waals surface area contributed by atoms with E-state index in [-0.39, 0.29) is 23.1 Å². The molecule has 1 amide bonds. The minimum Gasteiger partial charge on any atom is -0.497 e.